The Balaban J connectivity index is 1.66. The van der Waals surface area contributed by atoms with Gasteiger partial charge in [-0.05, 0) is 23.8 Å². The zero-order valence-corrected chi connectivity index (χ0v) is 15.3. The Bertz CT molecular complexity index is 1060. The maximum Gasteiger partial charge on any atom is 0.231 e. The Hall–Kier alpha value is -3.48. The largest absolute Gasteiger partial charge is 0.493 e. The summed E-state index contributed by atoms with van der Waals surface area (Å²) < 4.78 is 21.6. The van der Waals surface area contributed by atoms with E-state index < -0.39 is 0 Å². The first-order valence-electron chi connectivity index (χ1n) is 8.41. The molecule has 0 aliphatic rings. The Labute approximate surface area is 155 Å². The molecular formula is C20H19N3O4. The second-order valence-electron chi connectivity index (χ2n) is 5.96. The van der Waals surface area contributed by atoms with Gasteiger partial charge in [-0.25, -0.2) is 0 Å². The number of nitrogens with zero attached hydrogens (tertiary/aromatic N) is 2. The second kappa shape index (κ2) is 7.03. The number of hydrogen-bond donors (Lipinski definition) is 1. The summed E-state index contributed by atoms with van der Waals surface area (Å²) in [5.74, 6) is 2.59. The molecule has 2 aromatic heterocycles. The van der Waals surface area contributed by atoms with Crippen LogP contribution in [0, 0.1) is 0 Å². The van der Waals surface area contributed by atoms with E-state index in [9.17, 15) is 0 Å². The molecule has 0 atom stereocenters. The highest BCUT2D eigenvalue weighted by atomic mass is 16.5. The predicted octanol–water partition coefficient (Wildman–Crippen LogP) is 3.83. The van der Waals surface area contributed by atoms with Crippen LogP contribution in [0.3, 0.4) is 0 Å². The highest BCUT2D eigenvalue weighted by molar-refractivity contribution is 5.83. The molecule has 1 N–H and O–H groups in total. The molecule has 2 heterocycles. The van der Waals surface area contributed by atoms with Crippen LogP contribution in [0.15, 0.2) is 47.1 Å². The molecule has 0 spiro atoms. The molecule has 0 amide bonds. The molecule has 27 heavy (non-hydrogen) atoms. The van der Waals surface area contributed by atoms with Gasteiger partial charge in [0.05, 0.1) is 27.8 Å². The zero-order valence-electron chi connectivity index (χ0n) is 15.3. The Morgan fingerprint density at radius 2 is 1.74 bits per heavy atom. The molecule has 2 aromatic carbocycles. The minimum atomic E-state index is 0.462. The third-order valence-electron chi connectivity index (χ3n) is 4.41. The molecule has 0 saturated carbocycles. The number of para-hydroxylation sites is 1. The Kier molecular flexibility index (Phi) is 4.42. The van der Waals surface area contributed by atoms with Gasteiger partial charge in [0.2, 0.25) is 17.5 Å². The summed E-state index contributed by atoms with van der Waals surface area (Å²) in [7, 11) is 4.70. The lowest BCUT2D eigenvalue weighted by atomic mass is 10.1. The van der Waals surface area contributed by atoms with Gasteiger partial charge in [0.1, 0.15) is 0 Å². The fourth-order valence-corrected chi connectivity index (χ4v) is 3.09. The maximum atomic E-state index is 5.46. The van der Waals surface area contributed by atoms with Crippen molar-refractivity contribution in [2.45, 2.75) is 6.42 Å². The second-order valence-corrected chi connectivity index (χ2v) is 5.96. The fourth-order valence-electron chi connectivity index (χ4n) is 3.09. The van der Waals surface area contributed by atoms with Crippen molar-refractivity contribution in [1.29, 1.82) is 0 Å². The average molecular weight is 365 g/mol. The van der Waals surface area contributed by atoms with Crippen molar-refractivity contribution in [3.63, 3.8) is 0 Å². The highest BCUT2D eigenvalue weighted by Gasteiger charge is 2.18. The first-order chi connectivity index (χ1) is 13.2. The van der Waals surface area contributed by atoms with E-state index in [0.717, 1.165) is 22.0 Å². The van der Waals surface area contributed by atoms with E-state index in [1.807, 2.05) is 24.4 Å². The van der Waals surface area contributed by atoms with E-state index in [1.54, 1.807) is 33.5 Å². The molecule has 4 aromatic rings. The van der Waals surface area contributed by atoms with Gasteiger partial charge in [-0.2, -0.15) is 4.98 Å². The summed E-state index contributed by atoms with van der Waals surface area (Å²) in [6.45, 7) is 0. The van der Waals surface area contributed by atoms with Crippen molar-refractivity contribution < 1.29 is 18.7 Å². The van der Waals surface area contributed by atoms with E-state index in [-0.39, 0.29) is 0 Å². The van der Waals surface area contributed by atoms with Crippen LogP contribution in [-0.2, 0) is 6.42 Å². The number of hydrogen-bond acceptors (Lipinski definition) is 6. The molecular weight excluding hydrogens is 346 g/mol. The summed E-state index contributed by atoms with van der Waals surface area (Å²) in [4.78, 5) is 7.78. The lowest BCUT2D eigenvalue weighted by molar-refractivity contribution is 0.324. The van der Waals surface area contributed by atoms with Crippen LogP contribution >= 0.6 is 0 Å². The van der Waals surface area contributed by atoms with Gasteiger partial charge in [-0.3, -0.25) is 0 Å². The molecule has 0 aliphatic heterocycles. The van der Waals surface area contributed by atoms with Crippen LogP contribution in [0.4, 0.5) is 0 Å². The molecule has 7 nitrogen and oxygen atoms in total. The summed E-state index contributed by atoms with van der Waals surface area (Å²) in [5, 5.41) is 5.25. The third kappa shape index (κ3) is 3.08. The summed E-state index contributed by atoms with van der Waals surface area (Å²) in [6.07, 6.45) is 2.51. The normalized spacial score (nSPS) is 10.9. The molecule has 138 valence electrons. The number of ether oxygens (including phenoxy) is 3. The molecule has 7 heteroatoms. The average Bonchev–Trinajstić information content (AvgIpc) is 3.34. The van der Waals surface area contributed by atoms with Gasteiger partial charge in [0.15, 0.2) is 11.5 Å². The smallest absolute Gasteiger partial charge is 0.231 e. The SMILES string of the molecule is COc1cc(-c2noc(Cc3c[nH]c4ccccc34)n2)cc(OC)c1OC. The van der Waals surface area contributed by atoms with Crippen molar-refractivity contribution in [2.75, 3.05) is 21.3 Å². The minimum Gasteiger partial charge on any atom is -0.493 e. The summed E-state index contributed by atoms with van der Waals surface area (Å²) >= 11 is 0. The zero-order chi connectivity index (χ0) is 18.8. The number of methoxy groups -OCH3 is 3. The van der Waals surface area contributed by atoms with E-state index in [1.165, 1.54) is 0 Å². The van der Waals surface area contributed by atoms with E-state index >= 15 is 0 Å². The number of aromatic amines is 1. The van der Waals surface area contributed by atoms with Crippen molar-refractivity contribution in [3.05, 3.63) is 54.0 Å². The Morgan fingerprint density at radius 3 is 2.44 bits per heavy atom. The van der Waals surface area contributed by atoms with Crippen LogP contribution in [0.1, 0.15) is 11.5 Å². The fraction of sp³-hybridized carbons (Fsp3) is 0.200. The summed E-state index contributed by atoms with van der Waals surface area (Å²) in [6, 6.07) is 11.7. The van der Waals surface area contributed by atoms with Gasteiger partial charge in [-0.15, -0.1) is 0 Å². The first-order valence-corrected chi connectivity index (χ1v) is 8.41. The van der Waals surface area contributed by atoms with Crippen LogP contribution in [0.2, 0.25) is 0 Å². The van der Waals surface area contributed by atoms with Crippen LogP contribution < -0.4 is 14.2 Å². The lowest BCUT2D eigenvalue weighted by Crippen LogP contribution is -1.96. The van der Waals surface area contributed by atoms with Crippen LogP contribution in [0.25, 0.3) is 22.3 Å². The molecule has 0 radical (unpaired) electrons. The van der Waals surface area contributed by atoms with Crippen LogP contribution in [-0.4, -0.2) is 36.5 Å². The number of benzene rings is 2. The van der Waals surface area contributed by atoms with Gasteiger partial charge in [0.25, 0.3) is 0 Å². The number of nitrogens with one attached hydrogen (secondary N) is 1. The van der Waals surface area contributed by atoms with Crippen molar-refractivity contribution >= 4 is 10.9 Å². The molecule has 4 rings (SSSR count). The Morgan fingerprint density at radius 1 is 1.00 bits per heavy atom. The molecule has 0 unspecified atom stereocenters. The van der Waals surface area contributed by atoms with Gasteiger partial charge < -0.3 is 23.7 Å². The molecule has 0 aliphatic carbocycles. The van der Waals surface area contributed by atoms with Crippen molar-refractivity contribution in [3.8, 4) is 28.6 Å². The molecule has 0 saturated heterocycles. The van der Waals surface area contributed by atoms with Crippen molar-refractivity contribution in [2.24, 2.45) is 0 Å². The van der Waals surface area contributed by atoms with Gasteiger partial charge in [0, 0.05) is 22.7 Å². The van der Waals surface area contributed by atoms with E-state index in [0.29, 0.717) is 35.4 Å². The first kappa shape index (κ1) is 17.0. The monoisotopic (exact) mass is 365 g/mol. The number of fused-ring (bicyclic) bond motifs is 1. The minimum absolute atomic E-state index is 0.462. The number of H-pyrrole nitrogens is 1. The third-order valence-corrected chi connectivity index (χ3v) is 4.41. The lowest BCUT2D eigenvalue weighted by Gasteiger charge is -2.12. The predicted molar refractivity (Wildman–Crippen MR) is 100 cm³/mol. The maximum absolute atomic E-state index is 5.46. The molecule has 0 fully saturated rings. The van der Waals surface area contributed by atoms with Gasteiger partial charge in [-0.1, -0.05) is 23.4 Å². The molecule has 0 bridgehead atoms. The highest BCUT2D eigenvalue weighted by Crippen LogP contribution is 2.40. The number of rotatable bonds is 6. The summed E-state index contributed by atoms with van der Waals surface area (Å²) in [5.41, 5.74) is 2.90. The van der Waals surface area contributed by atoms with Gasteiger partial charge >= 0.3 is 0 Å². The van der Waals surface area contributed by atoms with Crippen molar-refractivity contribution in [1.82, 2.24) is 15.1 Å². The standard InChI is InChI=1S/C20H19N3O4/c1-24-16-8-12(9-17(25-2)19(16)26-3)20-22-18(27-23-20)10-13-11-21-15-7-5-4-6-14(13)15/h4-9,11,21H,10H2,1-3H3. The van der Waals surface area contributed by atoms with E-state index in [2.05, 4.69) is 21.2 Å². The van der Waals surface area contributed by atoms with Crippen LogP contribution in [0.5, 0.6) is 17.2 Å². The quantitative estimate of drug-likeness (QED) is 0.559. The van der Waals surface area contributed by atoms with E-state index in [4.69, 9.17) is 18.7 Å². The number of aromatic nitrogens is 3. The topological polar surface area (TPSA) is 82.4 Å².